The first-order chi connectivity index (χ1) is 33.5. The summed E-state index contributed by atoms with van der Waals surface area (Å²) < 4.78 is 55.0. The van der Waals surface area contributed by atoms with E-state index in [1.165, 1.54) is 32.0 Å². The number of aromatic nitrogens is 6. The number of carbonyl (C=O) groups excluding carboxylic acids is 2. The van der Waals surface area contributed by atoms with Crippen molar-refractivity contribution < 1.29 is 36.7 Å². The van der Waals surface area contributed by atoms with E-state index in [-0.39, 0.29) is 17.5 Å². The maximum Gasteiger partial charge on any atom is 0.309 e. The third-order valence-corrected chi connectivity index (χ3v) is 11.1. The fraction of sp³-hybridized carbons (Fsp3) is 0.164. The van der Waals surface area contributed by atoms with Crippen molar-refractivity contribution in [3.63, 3.8) is 0 Å². The summed E-state index contributed by atoms with van der Waals surface area (Å²) >= 11 is 0. The number of rotatable bonds is 13. The summed E-state index contributed by atoms with van der Waals surface area (Å²) in [6, 6.07) is 40.0. The van der Waals surface area contributed by atoms with Crippen LogP contribution in [0.5, 0.6) is 11.8 Å². The van der Waals surface area contributed by atoms with Crippen molar-refractivity contribution in [3.05, 3.63) is 214 Å². The number of halogens is 2. The quantitative estimate of drug-likeness (QED) is 0.103. The van der Waals surface area contributed by atoms with Gasteiger partial charge in [0, 0.05) is 56.6 Å². The van der Waals surface area contributed by atoms with Gasteiger partial charge in [0.2, 0.25) is 11.8 Å². The Morgan fingerprint density at radius 2 is 1.07 bits per heavy atom. The molecule has 0 aliphatic carbocycles. The number of carbonyl (C=O) groups is 2. The van der Waals surface area contributed by atoms with Crippen LogP contribution in [0.1, 0.15) is 77.7 Å². The van der Waals surface area contributed by atoms with Crippen molar-refractivity contribution in [2.24, 2.45) is 0 Å². The lowest BCUT2D eigenvalue weighted by Crippen LogP contribution is -2.07. The summed E-state index contributed by atoms with van der Waals surface area (Å²) in [7, 11) is 0. The fourth-order valence-corrected chi connectivity index (χ4v) is 8.01. The van der Waals surface area contributed by atoms with E-state index in [0.717, 1.165) is 29.1 Å². The zero-order valence-electron chi connectivity index (χ0n) is 38.3. The number of esters is 2. The van der Waals surface area contributed by atoms with Crippen molar-refractivity contribution >= 4 is 23.2 Å². The molecule has 69 heavy (non-hydrogen) atoms. The van der Waals surface area contributed by atoms with Gasteiger partial charge in [-0.15, -0.1) is 0 Å². The van der Waals surface area contributed by atoms with Crippen molar-refractivity contribution in [2.75, 3.05) is 0 Å². The Balaban J connectivity index is 0.000000172. The molecule has 0 bridgehead atoms. The number of hydrogen-bond donors (Lipinski definition) is 0. The SMILES string of the molecule is CC(=O)Oc1c(Cc2ccc(C)o2)nc2c(Cc3ccccc3)nc(-c3cccc(F)c3)cn12.CCc1ccc(Cc2nc3c(Cc4ccccc4)nc(-c4ccccc4F)cn3c2OC(C)=O)o1. The van der Waals surface area contributed by atoms with Crippen molar-refractivity contribution in [3.8, 4) is 34.3 Å². The smallest absolute Gasteiger partial charge is 0.309 e. The third kappa shape index (κ3) is 10.6. The van der Waals surface area contributed by atoms with Crippen molar-refractivity contribution in [1.29, 1.82) is 0 Å². The first-order valence-electron chi connectivity index (χ1n) is 22.4. The van der Waals surface area contributed by atoms with Gasteiger partial charge in [-0.3, -0.25) is 18.4 Å². The van der Waals surface area contributed by atoms with Crippen LogP contribution in [-0.4, -0.2) is 40.7 Å². The number of nitrogens with zero attached hydrogens (tertiary/aromatic N) is 6. The predicted molar refractivity (Wildman–Crippen MR) is 255 cm³/mol. The van der Waals surface area contributed by atoms with Gasteiger partial charge in [0.1, 0.15) is 46.1 Å². The maximum absolute atomic E-state index is 14.7. The molecule has 6 heterocycles. The zero-order valence-corrected chi connectivity index (χ0v) is 38.3. The Kier molecular flexibility index (Phi) is 13.3. The Hall–Kier alpha value is -8.52. The van der Waals surface area contributed by atoms with Gasteiger partial charge in [-0.25, -0.2) is 28.7 Å². The molecule has 0 aliphatic rings. The molecule has 4 aromatic carbocycles. The molecule has 346 valence electrons. The molecule has 0 saturated heterocycles. The van der Waals surface area contributed by atoms with Crippen molar-refractivity contribution in [2.45, 2.75) is 59.8 Å². The number of furan rings is 2. The molecule has 14 heteroatoms. The van der Waals surface area contributed by atoms with Gasteiger partial charge >= 0.3 is 11.9 Å². The summed E-state index contributed by atoms with van der Waals surface area (Å²) in [6.07, 6.45) is 5.82. The third-order valence-electron chi connectivity index (χ3n) is 11.1. The Morgan fingerprint density at radius 1 is 0.551 bits per heavy atom. The second kappa shape index (κ2) is 20.1. The van der Waals surface area contributed by atoms with Crippen LogP contribution in [0, 0.1) is 18.6 Å². The van der Waals surface area contributed by atoms with E-state index >= 15 is 0 Å². The highest BCUT2D eigenvalue weighted by Gasteiger charge is 2.24. The molecule has 0 N–H and O–H groups in total. The predicted octanol–water partition coefficient (Wildman–Crippen LogP) is 11.3. The van der Waals surface area contributed by atoms with Crippen LogP contribution in [0.25, 0.3) is 33.8 Å². The number of benzene rings is 4. The first kappa shape index (κ1) is 45.6. The largest absolute Gasteiger partial charge is 0.466 e. The van der Waals surface area contributed by atoms with E-state index < -0.39 is 11.9 Å². The van der Waals surface area contributed by atoms with E-state index in [1.807, 2.05) is 98.8 Å². The van der Waals surface area contributed by atoms with Crippen LogP contribution < -0.4 is 9.47 Å². The minimum Gasteiger partial charge on any atom is -0.466 e. The van der Waals surface area contributed by atoms with Gasteiger partial charge in [-0.05, 0) is 66.6 Å². The summed E-state index contributed by atoms with van der Waals surface area (Å²) in [5.74, 6) is 1.96. The molecule has 0 amide bonds. The molecule has 10 aromatic rings. The van der Waals surface area contributed by atoms with E-state index in [2.05, 4.69) is 0 Å². The van der Waals surface area contributed by atoms with Gasteiger partial charge in [-0.2, -0.15) is 0 Å². The maximum atomic E-state index is 14.7. The molecule has 0 saturated carbocycles. The lowest BCUT2D eigenvalue weighted by atomic mass is 10.1. The van der Waals surface area contributed by atoms with Crippen molar-refractivity contribution in [1.82, 2.24) is 28.7 Å². The summed E-state index contributed by atoms with van der Waals surface area (Å²) in [4.78, 5) is 43.3. The summed E-state index contributed by atoms with van der Waals surface area (Å²) in [5, 5.41) is 0. The first-order valence-corrected chi connectivity index (χ1v) is 22.4. The summed E-state index contributed by atoms with van der Waals surface area (Å²) in [5.41, 5.74) is 7.55. The Bertz CT molecular complexity index is 3450. The van der Waals surface area contributed by atoms with E-state index in [9.17, 15) is 18.4 Å². The van der Waals surface area contributed by atoms with Gasteiger partial charge < -0.3 is 18.3 Å². The number of ether oxygens (including phenoxy) is 2. The molecule has 6 aromatic heterocycles. The van der Waals surface area contributed by atoms with E-state index in [1.54, 1.807) is 51.5 Å². The van der Waals surface area contributed by atoms with Crippen LogP contribution in [-0.2, 0) is 41.7 Å². The highest BCUT2D eigenvalue weighted by Crippen LogP contribution is 2.32. The topological polar surface area (TPSA) is 139 Å². The monoisotopic (exact) mass is 924 g/mol. The number of imidazole rings is 2. The molecule has 12 nitrogen and oxygen atoms in total. The highest BCUT2D eigenvalue weighted by molar-refractivity contribution is 5.72. The summed E-state index contributed by atoms with van der Waals surface area (Å²) in [6.45, 7) is 6.58. The van der Waals surface area contributed by atoms with Gasteiger partial charge in [0.05, 0.1) is 35.6 Å². The van der Waals surface area contributed by atoms with Gasteiger partial charge in [-0.1, -0.05) is 91.9 Å². The van der Waals surface area contributed by atoms with Crippen LogP contribution in [0.3, 0.4) is 0 Å². The molecule has 0 radical (unpaired) electrons. The normalized spacial score (nSPS) is 11.2. The average molecular weight is 925 g/mol. The standard InChI is InChI=1S/C28H24FN3O3.C27H22FN3O3/c1-3-20-13-14-21(35-20)16-25-28(34-18(2)33)32-17-26(22-11-7-8-12-23(22)29)30-24(27(32)31-25)15-19-9-5-4-6-10-19;1-17-11-12-22(33-17)15-24-27(34-18(2)32)31-16-25(20-9-6-10-21(28)14-20)29-23(26(31)30-24)13-19-7-4-3-5-8-19/h4-14,17H,3,15-16H2,1-2H3;3-12,14,16H,13,15H2,1-2H3. The fourth-order valence-electron chi connectivity index (χ4n) is 8.01. The van der Waals surface area contributed by atoms with Gasteiger partial charge in [0.15, 0.2) is 11.3 Å². The van der Waals surface area contributed by atoms with E-state index in [4.69, 9.17) is 38.2 Å². The number of fused-ring (bicyclic) bond motifs is 2. The molecule has 10 rings (SSSR count). The molecular weight excluding hydrogens is 879 g/mol. The van der Waals surface area contributed by atoms with E-state index in [0.29, 0.717) is 99.7 Å². The lowest BCUT2D eigenvalue weighted by molar-refractivity contribution is -0.133. The zero-order chi connectivity index (χ0) is 48.0. The number of hydrogen-bond acceptors (Lipinski definition) is 10. The van der Waals surface area contributed by atoms with Crippen LogP contribution in [0.2, 0.25) is 0 Å². The molecule has 0 aliphatic heterocycles. The molecule has 0 atom stereocenters. The van der Waals surface area contributed by atoms with Crippen LogP contribution >= 0.6 is 0 Å². The Morgan fingerprint density at radius 3 is 1.59 bits per heavy atom. The second-order valence-electron chi connectivity index (χ2n) is 16.3. The number of aryl methyl sites for hydroxylation is 2. The minimum atomic E-state index is -0.476. The molecule has 0 fully saturated rings. The van der Waals surface area contributed by atoms with Crippen LogP contribution in [0.15, 0.2) is 155 Å². The van der Waals surface area contributed by atoms with Crippen LogP contribution in [0.4, 0.5) is 8.78 Å². The molecular formula is C55H46F2N6O6. The minimum absolute atomic E-state index is 0.274. The second-order valence-corrected chi connectivity index (χ2v) is 16.3. The highest BCUT2D eigenvalue weighted by atomic mass is 19.1. The molecule has 0 spiro atoms. The average Bonchev–Trinajstić information content (AvgIpc) is 4.14. The Labute approximate surface area is 395 Å². The molecule has 0 unspecified atom stereocenters. The van der Waals surface area contributed by atoms with Gasteiger partial charge in [0.25, 0.3) is 0 Å². The lowest BCUT2D eigenvalue weighted by Gasteiger charge is -2.10.